The minimum absolute atomic E-state index is 0.0485. The molecule has 0 aliphatic carbocycles. The van der Waals surface area contributed by atoms with Crippen LogP contribution in [0.2, 0.25) is 0 Å². The molecule has 2 aliphatic heterocycles. The second-order valence-corrected chi connectivity index (χ2v) is 5.76. The number of benzene rings is 1. The fourth-order valence-corrected chi connectivity index (χ4v) is 3.57. The van der Waals surface area contributed by atoms with Gasteiger partial charge in [0, 0.05) is 23.5 Å². The van der Waals surface area contributed by atoms with Gasteiger partial charge in [-0.25, -0.2) is 0 Å². The quantitative estimate of drug-likeness (QED) is 0.896. The van der Waals surface area contributed by atoms with Gasteiger partial charge >= 0.3 is 0 Å². The SMILES string of the molecule is NC(c1cnc2ccccc2c1)C1CC2CCC1O2. The molecular formula is C16H18N2O. The summed E-state index contributed by atoms with van der Waals surface area (Å²) in [7, 11) is 0. The van der Waals surface area contributed by atoms with Crippen molar-refractivity contribution >= 4 is 10.9 Å². The zero-order valence-electron chi connectivity index (χ0n) is 10.8. The first-order chi connectivity index (χ1) is 9.31. The zero-order valence-corrected chi connectivity index (χ0v) is 10.8. The van der Waals surface area contributed by atoms with E-state index in [1.807, 2.05) is 24.4 Å². The third-order valence-electron chi connectivity index (χ3n) is 4.61. The number of hydrogen-bond acceptors (Lipinski definition) is 3. The van der Waals surface area contributed by atoms with Crippen LogP contribution in [0.1, 0.15) is 30.9 Å². The molecule has 0 radical (unpaired) electrons. The van der Waals surface area contributed by atoms with Crippen LogP contribution in [0.25, 0.3) is 10.9 Å². The van der Waals surface area contributed by atoms with Gasteiger partial charge in [0.2, 0.25) is 0 Å². The smallest absolute Gasteiger partial charge is 0.0702 e. The van der Waals surface area contributed by atoms with Gasteiger partial charge in [-0.2, -0.15) is 0 Å². The van der Waals surface area contributed by atoms with Gasteiger partial charge in [0.1, 0.15) is 0 Å². The van der Waals surface area contributed by atoms with E-state index >= 15 is 0 Å². The lowest BCUT2D eigenvalue weighted by molar-refractivity contribution is 0.0884. The van der Waals surface area contributed by atoms with Crippen molar-refractivity contribution in [3.63, 3.8) is 0 Å². The maximum absolute atomic E-state index is 6.46. The molecule has 2 aromatic rings. The molecular weight excluding hydrogens is 236 g/mol. The molecule has 1 aromatic heterocycles. The van der Waals surface area contributed by atoms with Crippen LogP contribution in [0.4, 0.5) is 0 Å². The fraction of sp³-hybridized carbons (Fsp3) is 0.438. The van der Waals surface area contributed by atoms with E-state index in [0.717, 1.165) is 17.5 Å². The van der Waals surface area contributed by atoms with Crippen molar-refractivity contribution < 1.29 is 4.74 Å². The zero-order chi connectivity index (χ0) is 12.8. The number of fused-ring (bicyclic) bond motifs is 3. The van der Waals surface area contributed by atoms with Gasteiger partial charge in [-0.1, -0.05) is 18.2 Å². The Bertz CT molecular complexity index is 612. The highest BCUT2D eigenvalue weighted by Gasteiger charge is 2.43. The standard InChI is InChI=1S/C16H18N2O/c17-16(13-8-12-5-6-15(13)19-12)11-7-10-3-1-2-4-14(10)18-9-11/h1-4,7,9,12-13,15-16H,5-6,8,17H2. The van der Waals surface area contributed by atoms with E-state index < -0.39 is 0 Å². The molecule has 98 valence electrons. The number of ether oxygens (including phenoxy) is 1. The fourth-order valence-electron chi connectivity index (χ4n) is 3.57. The molecule has 3 heterocycles. The van der Waals surface area contributed by atoms with Crippen LogP contribution in [0.15, 0.2) is 36.5 Å². The second-order valence-electron chi connectivity index (χ2n) is 5.76. The maximum Gasteiger partial charge on any atom is 0.0702 e. The summed E-state index contributed by atoms with van der Waals surface area (Å²) in [5.74, 6) is 0.460. The maximum atomic E-state index is 6.46. The van der Waals surface area contributed by atoms with Crippen LogP contribution in [-0.4, -0.2) is 17.2 Å². The lowest BCUT2D eigenvalue weighted by Gasteiger charge is -2.25. The molecule has 4 rings (SSSR count). The van der Waals surface area contributed by atoms with Gasteiger partial charge in [0.15, 0.2) is 0 Å². The third-order valence-corrected chi connectivity index (χ3v) is 4.61. The predicted octanol–water partition coefficient (Wildman–Crippen LogP) is 2.80. The molecule has 2 saturated heterocycles. The summed E-state index contributed by atoms with van der Waals surface area (Å²) in [6.45, 7) is 0. The van der Waals surface area contributed by atoms with Crippen LogP contribution >= 0.6 is 0 Å². The molecule has 1 aromatic carbocycles. The number of para-hydroxylation sites is 1. The van der Waals surface area contributed by atoms with Crippen molar-refractivity contribution in [3.05, 3.63) is 42.1 Å². The van der Waals surface area contributed by atoms with E-state index in [-0.39, 0.29) is 6.04 Å². The van der Waals surface area contributed by atoms with Crippen LogP contribution in [0, 0.1) is 5.92 Å². The number of aromatic nitrogens is 1. The topological polar surface area (TPSA) is 48.1 Å². The number of nitrogens with two attached hydrogens (primary N) is 1. The Kier molecular flexibility index (Phi) is 2.57. The van der Waals surface area contributed by atoms with Gasteiger partial charge in [-0.3, -0.25) is 4.98 Å². The minimum Gasteiger partial charge on any atom is -0.375 e. The van der Waals surface area contributed by atoms with Crippen LogP contribution in [0.3, 0.4) is 0 Å². The average Bonchev–Trinajstić information content (AvgIpc) is 3.08. The molecule has 4 atom stereocenters. The van der Waals surface area contributed by atoms with Crippen molar-refractivity contribution in [1.82, 2.24) is 4.98 Å². The molecule has 4 unspecified atom stereocenters. The Hall–Kier alpha value is -1.45. The Morgan fingerprint density at radius 1 is 1.26 bits per heavy atom. The van der Waals surface area contributed by atoms with Crippen molar-refractivity contribution in [2.75, 3.05) is 0 Å². The number of hydrogen-bond donors (Lipinski definition) is 1. The number of pyridine rings is 1. The summed E-state index contributed by atoms with van der Waals surface area (Å²) in [6.07, 6.45) is 6.24. The minimum atomic E-state index is 0.0485. The molecule has 2 bridgehead atoms. The van der Waals surface area contributed by atoms with Crippen LogP contribution in [0.5, 0.6) is 0 Å². The summed E-state index contributed by atoms with van der Waals surface area (Å²) in [6, 6.07) is 10.4. The van der Waals surface area contributed by atoms with E-state index in [4.69, 9.17) is 10.5 Å². The highest BCUT2D eigenvalue weighted by molar-refractivity contribution is 5.78. The molecule has 2 fully saturated rings. The van der Waals surface area contributed by atoms with E-state index in [1.165, 1.54) is 18.2 Å². The lowest BCUT2D eigenvalue weighted by Crippen LogP contribution is -2.29. The Balaban J connectivity index is 1.66. The van der Waals surface area contributed by atoms with Crippen molar-refractivity contribution in [2.45, 2.75) is 37.5 Å². The summed E-state index contributed by atoms with van der Waals surface area (Å²) >= 11 is 0. The number of nitrogens with zero attached hydrogens (tertiary/aromatic N) is 1. The Morgan fingerprint density at radius 2 is 2.16 bits per heavy atom. The first-order valence-corrected chi connectivity index (χ1v) is 7.07. The van der Waals surface area contributed by atoms with Crippen molar-refractivity contribution in [3.8, 4) is 0 Å². The molecule has 0 spiro atoms. The monoisotopic (exact) mass is 254 g/mol. The van der Waals surface area contributed by atoms with E-state index in [9.17, 15) is 0 Å². The second kappa shape index (κ2) is 4.29. The third kappa shape index (κ3) is 1.85. The summed E-state index contributed by atoms with van der Waals surface area (Å²) in [4.78, 5) is 4.51. The largest absolute Gasteiger partial charge is 0.375 e. The molecule has 3 nitrogen and oxygen atoms in total. The Morgan fingerprint density at radius 3 is 2.95 bits per heavy atom. The summed E-state index contributed by atoms with van der Waals surface area (Å²) in [5.41, 5.74) is 8.63. The first-order valence-electron chi connectivity index (χ1n) is 7.07. The van der Waals surface area contributed by atoms with Gasteiger partial charge in [0.05, 0.1) is 17.7 Å². The molecule has 0 saturated carbocycles. The normalized spacial score (nSPS) is 30.9. The lowest BCUT2D eigenvalue weighted by atomic mass is 9.81. The van der Waals surface area contributed by atoms with E-state index in [1.54, 1.807) is 0 Å². The highest BCUT2D eigenvalue weighted by Crippen LogP contribution is 2.43. The van der Waals surface area contributed by atoms with Crippen molar-refractivity contribution in [1.29, 1.82) is 0 Å². The predicted molar refractivity (Wildman–Crippen MR) is 74.7 cm³/mol. The molecule has 2 aliphatic rings. The van der Waals surface area contributed by atoms with Crippen LogP contribution in [-0.2, 0) is 4.74 Å². The van der Waals surface area contributed by atoms with E-state index in [0.29, 0.717) is 18.1 Å². The highest BCUT2D eigenvalue weighted by atomic mass is 16.5. The van der Waals surface area contributed by atoms with Gasteiger partial charge in [0.25, 0.3) is 0 Å². The molecule has 2 N–H and O–H groups in total. The summed E-state index contributed by atoms with van der Waals surface area (Å²) in [5, 5.41) is 1.17. The van der Waals surface area contributed by atoms with Gasteiger partial charge < -0.3 is 10.5 Å². The molecule has 3 heteroatoms. The first kappa shape index (κ1) is 11.4. The molecule has 0 amide bonds. The Labute approximate surface area is 112 Å². The van der Waals surface area contributed by atoms with E-state index in [2.05, 4.69) is 17.1 Å². The molecule has 19 heavy (non-hydrogen) atoms. The summed E-state index contributed by atoms with van der Waals surface area (Å²) < 4.78 is 5.91. The average molecular weight is 254 g/mol. The van der Waals surface area contributed by atoms with Gasteiger partial charge in [-0.05, 0) is 37.0 Å². The van der Waals surface area contributed by atoms with Crippen molar-refractivity contribution in [2.24, 2.45) is 11.7 Å². The van der Waals surface area contributed by atoms with Crippen LogP contribution < -0.4 is 5.73 Å². The number of rotatable bonds is 2. The van der Waals surface area contributed by atoms with Gasteiger partial charge in [-0.15, -0.1) is 0 Å².